The third-order valence-corrected chi connectivity index (χ3v) is 5.88. The molecule has 1 atom stereocenters. The fraction of sp³-hybridized carbons (Fsp3) is 0.222. The first-order chi connectivity index (χ1) is 18.9. The van der Waals surface area contributed by atoms with E-state index in [1.54, 1.807) is 0 Å². The van der Waals surface area contributed by atoms with Gasteiger partial charge in [-0.15, -0.1) is 0 Å². The van der Waals surface area contributed by atoms with Crippen LogP contribution in [0.25, 0.3) is 0 Å². The molecule has 0 unspecified atom stereocenters. The van der Waals surface area contributed by atoms with E-state index in [0.717, 1.165) is 27.8 Å². The average molecular weight is 556 g/mol. The number of aromatic amines is 1. The number of aryl methyl sites for hydroxylation is 1. The lowest BCUT2D eigenvalue weighted by atomic mass is 10.1. The predicted molar refractivity (Wildman–Crippen MR) is 137 cm³/mol. The molecule has 0 saturated heterocycles. The second-order valence-corrected chi connectivity index (χ2v) is 9.05. The second-order valence-electron chi connectivity index (χ2n) is 9.05. The molecular weight excluding hydrogens is 531 g/mol. The van der Waals surface area contributed by atoms with Crippen molar-refractivity contribution in [2.75, 3.05) is 0 Å². The number of aliphatic carboxylic acids is 1. The number of carboxylic acids is 1. The zero-order valence-corrected chi connectivity index (χ0v) is 21.3. The monoisotopic (exact) mass is 555 g/mol. The third-order valence-electron chi connectivity index (χ3n) is 5.88. The van der Waals surface area contributed by atoms with Gasteiger partial charge in [0.1, 0.15) is 5.75 Å². The molecule has 0 spiro atoms. The number of halogens is 3. The van der Waals surface area contributed by atoms with Gasteiger partial charge in [0.2, 0.25) is 11.5 Å². The Balaban J connectivity index is 1.68. The summed E-state index contributed by atoms with van der Waals surface area (Å²) >= 11 is 0. The summed E-state index contributed by atoms with van der Waals surface area (Å²) in [5.74, 6) is -1.91. The minimum absolute atomic E-state index is 0.0443. The van der Waals surface area contributed by atoms with Crippen molar-refractivity contribution in [3.8, 4) is 11.6 Å². The lowest BCUT2D eigenvalue weighted by molar-refractivity contribution is -0.141. The lowest BCUT2D eigenvalue weighted by Crippen LogP contribution is -2.51. The minimum atomic E-state index is -4.51. The van der Waals surface area contributed by atoms with Gasteiger partial charge in [0.25, 0.3) is 0 Å². The molecule has 13 heteroatoms. The molecule has 0 radical (unpaired) electrons. The highest BCUT2D eigenvalue weighted by atomic mass is 19.4. The molecule has 10 nitrogen and oxygen atoms in total. The first kappa shape index (κ1) is 28.1. The number of carboxylic acid groups (broad SMARTS) is 1. The number of aromatic nitrogens is 4. The van der Waals surface area contributed by atoms with E-state index in [4.69, 9.17) is 4.74 Å². The Labute approximate surface area is 224 Å². The zero-order valence-electron chi connectivity index (χ0n) is 21.3. The number of nitrogens with one attached hydrogen (secondary N) is 1. The smallest absolute Gasteiger partial charge is 0.417 e. The molecule has 4 aromatic rings. The molecule has 0 amide bonds. The number of H-pyrrole nitrogens is 1. The van der Waals surface area contributed by atoms with E-state index >= 15 is 0 Å². The number of carbonyl (C=O) groups is 1. The molecule has 0 saturated carbocycles. The summed E-state index contributed by atoms with van der Waals surface area (Å²) in [5, 5.41) is 9.25. The molecule has 0 aliphatic heterocycles. The number of ether oxygens (including phenoxy) is 1. The second kappa shape index (κ2) is 11.4. The van der Waals surface area contributed by atoms with E-state index in [9.17, 15) is 32.7 Å². The van der Waals surface area contributed by atoms with Crippen molar-refractivity contribution in [3.63, 3.8) is 0 Å². The molecule has 0 bridgehead atoms. The highest BCUT2D eigenvalue weighted by molar-refractivity contribution is 5.69. The third kappa shape index (κ3) is 6.73. The number of rotatable bonds is 8. The summed E-state index contributed by atoms with van der Waals surface area (Å²) < 4.78 is 45.8. The van der Waals surface area contributed by atoms with Crippen molar-refractivity contribution in [2.45, 2.75) is 33.1 Å². The van der Waals surface area contributed by atoms with Crippen molar-refractivity contribution in [2.24, 2.45) is 10.9 Å². The number of pyridine rings is 1. The Hall–Kier alpha value is -4.94. The van der Waals surface area contributed by atoms with Crippen LogP contribution in [0, 0.1) is 12.8 Å². The van der Waals surface area contributed by atoms with Crippen LogP contribution in [0.1, 0.15) is 23.6 Å². The van der Waals surface area contributed by atoms with E-state index in [-0.39, 0.29) is 30.3 Å². The predicted octanol–water partition coefficient (Wildman–Crippen LogP) is 3.85. The van der Waals surface area contributed by atoms with Crippen molar-refractivity contribution in [1.29, 1.82) is 0 Å². The molecular formula is C27H24F3N5O5. The first-order valence-corrected chi connectivity index (χ1v) is 12.0. The maximum atomic E-state index is 13.3. The van der Waals surface area contributed by atoms with Gasteiger partial charge in [-0.05, 0) is 42.8 Å². The van der Waals surface area contributed by atoms with Gasteiger partial charge in [-0.1, -0.05) is 36.8 Å². The minimum Gasteiger partial charge on any atom is -0.481 e. The Kier molecular flexibility index (Phi) is 8.03. The Morgan fingerprint density at radius 3 is 2.30 bits per heavy atom. The quantitative estimate of drug-likeness (QED) is 0.340. The highest BCUT2D eigenvalue weighted by Gasteiger charge is 2.30. The van der Waals surface area contributed by atoms with E-state index in [2.05, 4.69) is 15.0 Å². The molecule has 4 rings (SSSR count). The number of hydrogen-bond acceptors (Lipinski definition) is 6. The fourth-order valence-electron chi connectivity index (χ4n) is 3.61. The molecule has 2 aromatic carbocycles. The summed E-state index contributed by atoms with van der Waals surface area (Å²) in [6, 6.07) is 15.4. The lowest BCUT2D eigenvalue weighted by Gasteiger charge is -2.13. The largest absolute Gasteiger partial charge is 0.481 e. The van der Waals surface area contributed by atoms with Gasteiger partial charge in [-0.3, -0.25) is 14.3 Å². The van der Waals surface area contributed by atoms with Gasteiger partial charge in [0, 0.05) is 18.8 Å². The van der Waals surface area contributed by atoms with Crippen molar-refractivity contribution < 1.29 is 27.8 Å². The van der Waals surface area contributed by atoms with Crippen LogP contribution in [0.4, 0.5) is 18.9 Å². The Morgan fingerprint density at radius 2 is 1.73 bits per heavy atom. The van der Waals surface area contributed by atoms with Crippen LogP contribution in [0.2, 0.25) is 0 Å². The van der Waals surface area contributed by atoms with E-state index < -0.39 is 35.0 Å². The molecule has 0 fully saturated rings. The topological polar surface area (TPSA) is 132 Å². The van der Waals surface area contributed by atoms with Gasteiger partial charge < -0.3 is 9.84 Å². The molecule has 208 valence electrons. The van der Waals surface area contributed by atoms with Crippen LogP contribution in [0.5, 0.6) is 11.6 Å². The van der Waals surface area contributed by atoms with Gasteiger partial charge >= 0.3 is 23.5 Å². The molecule has 40 heavy (non-hydrogen) atoms. The van der Waals surface area contributed by atoms with Crippen LogP contribution in [-0.4, -0.2) is 30.2 Å². The molecule has 2 N–H and O–H groups in total. The fourth-order valence-corrected chi connectivity index (χ4v) is 3.61. The SMILES string of the molecule is Cc1ccc(Cn2c(=O)n(C[C@H](C)C(=O)O)c(=O)[nH]/c2=N\c2ccc(Oc3ccc(C(F)(F)F)cn3)cc2)cc1. The van der Waals surface area contributed by atoms with E-state index in [0.29, 0.717) is 11.9 Å². The first-order valence-electron chi connectivity index (χ1n) is 12.0. The summed E-state index contributed by atoms with van der Waals surface area (Å²) in [6.45, 7) is 3.03. The van der Waals surface area contributed by atoms with Crippen LogP contribution in [0.3, 0.4) is 0 Å². The molecule has 0 aliphatic rings. The number of nitrogens with zero attached hydrogens (tertiary/aromatic N) is 4. The van der Waals surface area contributed by atoms with Gasteiger partial charge in [0.05, 0.1) is 23.7 Å². The van der Waals surface area contributed by atoms with Crippen LogP contribution in [-0.2, 0) is 24.1 Å². The zero-order chi connectivity index (χ0) is 29.0. The number of hydrogen-bond donors (Lipinski definition) is 2. The van der Waals surface area contributed by atoms with Gasteiger partial charge in [0.15, 0.2) is 0 Å². The molecule has 0 aliphatic carbocycles. The maximum Gasteiger partial charge on any atom is 0.417 e. The van der Waals surface area contributed by atoms with Crippen molar-refractivity contribution >= 4 is 11.7 Å². The number of benzene rings is 2. The summed E-state index contributed by atoms with van der Waals surface area (Å²) in [6.07, 6.45) is -3.84. The van der Waals surface area contributed by atoms with Crippen LogP contribution >= 0.6 is 0 Å². The number of alkyl halides is 3. The van der Waals surface area contributed by atoms with E-state index in [1.165, 1.54) is 35.8 Å². The van der Waals surface area contributed by atoms with Crippen molar-refractivity contribution in [1.82, 2.24) is 19.1 Å². The Bertz CT molecular complexity index is 1690. The maximum absolute atomic E-state index is 13.3. The van der Waals surface area contributed by atoms with E-state index in [1.807, 2.05) is 31.2 Å². The summed E-state index contributed by atoms with van der Waals surface area (Å²) in [5.41, 5.74) is -0.412. The normalized spacial score (nSPS) is 12.8. The van der Waals surface area contributed by atoms with Crippen molar-refractivity contribution in [3.05, 3.63) is 110 Å². The molecule has 2 aromatic heterocycles. The molecule has 2 heterocycles. The summed E-state index contributed by atoms with van der Waals surface area (Å²) in [7, 11) is 0. The average Bonchev–Trinajstić information content (AvgIpc) is 2.90. The van der Waals surface area contributed by atoms with Crippen LogP contribution in [0.15, 0.2) is 81.4 Å². The van der Waals surface area contributed by atoms with Gasteiger partial charge in [-0.2, -0.15) is 13.2 Å². The highest BCUT2D eigenvalue weighted by Crippen LogP contribution is 2.30. The van der Waals surface area contributed by atoms with Gasteiger partial charge in [-0.25, -0.2) is 24.1 Å². The Morgan fingerprint density at radius 1 is 1.05 bits per heavy atom. The standard InChI is InChI=1S/C27H24F3N5O5/c1-16-3-5-18(6-4-16)15-34-24(33-25(38)35(26(34)39)14-17(2)23(36)37)32-20-8-10-21(11-9-20)40-22-12-7-19(13-31-22)27(28,29)30/h3-13,17H,14-15H2,1-2H3,(H,36,37)(H,32,33,38)/t17-/m0/s1. The van der Waals surface area contributed by atoms with Crippen LogP contribution < -0.4 is 21.7 Å². The summed E-state index contributed by atoms with van der Waals surface area (Å²) in [4.78, 5) is 48.0.